The molecule has 5 aromatic heterocycles. The largest absolute Gasteiger partial charge is 0.346 e. The van der Waals surface area contributed by atoms with Gasteiger partial charge in [-0.2, -0.15) is 4.37 Å². The van der Waals surface area contributed by atoms with Crippen LogP contribution in [0.15, 0.2) is 79.5 Å². The number of hydrogen-bond donors (Lipinski definition) is 3. The number of nitrogens with zero attached hydrogens (tertiary/aromatic N) is 5. The van der Waals surface area contributed by atoms with Gasteiger partial charge < -0.3 is 4.98 Å². The van der Waals surface area contributed by atoms with Gasteiger partial charge in [0.2, 0.25) is 0 Å². The van der Waals surface area contributed by atoms with Crippen LogP contribution >= 0.6 is 11.5 Å². The summed E-state index contributed by atoms with van der Waals surface area (Å²) in [5.41, 5.74) is 8.85. The van der Waals surface area contributed by atoms with Gasteiger partial charge in [-0.25, -0.2) is 9.97 Å². The first-order chi connectivity index (χ1) is 18.7. The molecule has 0 amide bonds. The standard InChI is InChI=1S/C29H20N6S.H4N2/c1-16-5-7-20-19(9-12-31-26(20)18-6-8-24-23(14-18)17(2)35-36-24)25(16)28-21(4-3-11-30-28)27-22-10-13-32-29(22)34-15-33-27;1-2/h3-15H,1-2H3,(H,32,33,34);1-2H2. The van der Waals surface area contributed by atoms with Crippen molar-refractivity contribution >= 4 is 43.4 Å². The lowest BCUT2D eigenvalue weighted by molar-refractivity contribution is 1.20. The Morgan fingerprint density at radius 1 is 0.737 bits per heavy atom. The number of H-pyrrole nitrogens is 1. The Morgan fingerprint density at radius 2 is 1.61 bits per heavy atom. The summed E-state index contributed by atoms with van der Waals surface area (Å²) >= 11 is 1.53. The van der Waals surface area contributed by atoms with Gasteiger partial charge in [0.15, 0.2) is 0 Å². The molecule has 0 unspecified atom stereocenters. The van der Waals surface area contributed by atoms with Crippen LogP contribution in [0.5, 0.6) is 0 Å². The summed E-state index contributed by atoms with van der Waals surface area (Å²) in [5, 5.41) is 4.35. The number of fused-ring (bicyclic) bond motifs is 3. The molecule has 9 heteroatoms. The molecule has 0 radical (unpaired) electrons. The number of aryl methyl sites for hydroxylation is 2. The zero-order valence-corrected chi connectivity index (χ0v) is 21.6. The fraction of sp³-hybridized carbons (Fsp3) is 0.0690. The van der Waals surface area contributed by atoms with Crippen LogP contribution in [0.25, 0.3) is 65.7 Å². The van der Waals surface area contributed by atoms with E-state index in [-0.39, 0.29) is 0 Å². The maximum Gasteiger partial charge on any atom is 0.141 e. The normalized spacial score (nSPS) is 11.2. The lowest BCUT2D eigenvalue weighted by Crippen LogP contribution is -2.02. The van der Waals surface area contributed by atoms with E-state index in [2.05, 4.69) is 87.3 Å². The molecule has 7 aromatic rings. The molecule has 0 aliphatic heterocycles. The Morgan fingerprint density at radius 3 is 2.50 bits per heavy atom. The average molecular weight is 517 g/mol. The zero-order valence-electron chi connectivity index (χ0n) is 20.8. The Balaban J connectivity index is 0.00000129. The molecule has 8 nitrogen and oxygen atoms in total. The molecule has 186 valence electrons. The minimum Gasteiger partial charge on any atom is -0.346 e. The van der Waals surface area contributed by atoms with E-state index in [1.54, 1.807) is 6.33 Å². The molecule has 2 aromatic carbocycles. The van der Waals surface area contributed by atoms with E-state index in [0.717, 1.165) is 66.8 Å². The van der Waals surface area contributed by atoms with Gasteiger partial charge in [-0.05, 0) is 72.7 Å². The maximum atomic E-state index is 4.88. The third kappa shape index (κ3) is 3.81. The van der Waals surface area contributed by atoms with Gasteiger partial charge in [-0.3, -0.25) is 21.7 Å². The van der Waals surface area contributed by atoms with Crippen molar-refractivity contribution in [3.05, 3.63) is 90.8 Å². The van der Waals surface area contributed by atoms with Crippen molar-refractivity contribution in [2.24, 2.45) is 11.7 Å². The number of rotatable bonds is 3. The van der Waals surface area contributed by atoms with Gasteiger partial charge >= 0.3 is 0 Å². The molecule has 0 aliphatic carbocycles. The lowest BCUT2D eigenvalue weighted by atomic mass is 9.92. The summed E-state index contributed by atoms with van der Waals surface area (Å²) in [6, 6.07) is 18.9. The highest BCUT2D eigenvalue weighted by Gasteiger charge is 2.19. The predicted octanol–water partition coefficient (Wildman–Crippen LogP) is 5.95. The van der Waals surface area contributed by atoms with Gasteiger partial charge in [-0.1, -0.05) is 18.2 Å². The van der Waals surface area contributed by atoms with E-state index >= 15 is 0 Å². The van der Waals surface area contributed by atoms with Gasteiger partial charge in [-0.15, -0.1) is 0 Å². The summed E-state index contributed by atoms with van der Waals surface area (Å²) < 4.78 is 5.70. The van der Waals surface area contributed by atoms with Crippen molar-refractivity contribution < 1.29 is 0 Å². The summed E-state index contributed by atoms with van der Waals surface area (Å²) in [4.78, 5) is 21.9. The van der Waals surface area contributed by atoms with Crippen molar-refractivity contribution in [2.75, 3.05) is 0 Å². The minimum atomic E-state index is 0.810. The van der Waals surface area contributed by atoms with E-state index in [9.17, 15) is 0 Å². The zero-order chi connectivity index (χ0) is 26.2. The van der Waals surface area contributed by atoms with Crippen molar-refractivity contribution in [2.45, 2.75) is 13.8 Å². The molecule has 0 atom stereocenters. The van der Waals surface area contributed by atoms with Crippen LogP contribution in [0.1, 0.15) is 11.3 Å². The van der Waals surface area contributed by atoms with Crippen LogP contribution in [-0.2, 0) is 0 Å². The summed E-state index contributed by atoms with van der Waals surface area (Å²) in [6.07, 6.45) is 7.22. The number of benzene rings is 2. The SMILES string of the molecule is Cc1ccc2c(-c3ccc4snc(C)c4c3)nccc2c1-c1ncccc1-c1ncnc2[nH]ccc12.NN. The second-order valence-electron chi connectivity index (χ2n) is 8.85. The second kappa shape index (κ2) is 9.71. The molecule has 5 N–H and O–H groups in total. The lowest BCUT2D eigenvalue weighted by Gasteiger charge is -2.15. The average Bonchev–Trinajstić information content (AvgIpc) is 3.60. The fourth-order valence-corrected chi connectivity index (χ4v) is 5.76. The first-order valence-corrected chi connectivity index (χ1v) is 12.8. The Kier molecular flexibility index (Phi) is 6.09. The Hall–Kier alpha value is -4.57. The van der Waals surface area contributed by atoms with Crippen LogP contribution in [-0.4, -0.2) is 29.3 Å². The topological polar surface area (TPSA) is 132 Å². The molecule has 0 spiro atoms. The molecule has 5 heterocycles. The summed E-state index contributed by atoms with van der Waals surface area (Å²) in [5.74, 6) is 8.00. The highest BCUT2D eigenvalue weighted by atomic mass is 32.1. The highest BCUT2D eigenvalue weighted by Crippen LogP contribution is 2.40. The highest BCUT2D eigenvalue weighted by molar-refractivity contribution is 7.13. The molecule has 0 saturated carbocycles. The number of nitrogens with one attached hydrogen (secondary N) is 1. The van der Waals surface area contributed by atoms with E-state index in [4.69, 9.17) is 9.97 Å². The summed E-state index contributed by atoms with van der Waals surface area (Å²) in [6.45, 7) is 4.18. The number of hydrazine groups is 1. The Labute approximate surface area is 222 Å². The van der Waals surface area contributed by atoms with Gasteiger partial charge in [0.05, 0.1) is 27.5 Å². The maximum absolute atomic E-state index is 4.88. The van der Waals surface area contributed by atoms with Crippen LogP contribution in [0.4, 0.5) is 0 Å². The molecule has 0 aliphatic rings. The molecule has 0 bridgehead atoms. The molecule has 38 heavy (non-hydrogen) atoms. The van der Waals surface area contributed by atoms with Crippen LogP contribution < -0.4 is 11.7 Å². The van der Waals surface area contributed by atoms with Crippen molar-refractivity contribution in [1.82, 2.24) is 29.3 Å². The van der Waals surface area contributed by atoms with Crippen molar-refractivity contribution in [3.63, 3.8) is 0 Å². The molecular formula is C29H24N8S. The van der Waals surface area contributed by atoms with Crippen molar-refractivity contribution in [1.29, 1.82) is 0 Å². The fourth-order valence-electron chi connectivity index (χ4n) is 5.00. The van der Waals surface area contributed by atoms with Gasteiger partial charge in [0, 0.05) is 51.4 Å². The number of hydrogen-bond acceptors (Lipinski definition) is 8. The molecule has 0 saturated heterocycles. The van der Waals surface area contributed by atoms with Gasteiger partial charge in [0.1, 0.15) is 12.0 Å². The van der Waals surface area contributed by atoms with Crippen LogP contribution in [0.2, 0.25) is 0 Å². The third-order valence-electron chi connectivity index (χ3n) is 6.73. The molecule has 7 rings (SSSR count). The number of aromatic nitrogens is 6. The van der Waals surface area contributed by atoms with Crippen LogP contribution in [0, 0.1) is 13.8 Å². The quantitative estimate of drug-likeness (QED) is 0.195. The van der Waals surface area contributed by atoms with Crippen LogP contribution in [0.3, 0.4) is 0 Å². The Bertz CT molecular complexity index is 1940. The number of pyridine rings is 2. The smallest absolute Gasteiger partial charge is 0.141 e. The third-order valence-corrected chi connectivity index (χ3v) is 7.65. The minimum absolute atomic E-state index is 0.810. The van der Waals surface area contributed by atoms with E-state index in [0.29, 0.717) is 0 Å². The first kappa shape index (κ1) is 23.8. The van der Waals surface area contributed by atoms with E-state index < -0.39 is 0 Å². The monoisotopic (exact) mass is 516 g/mol. The number of aromatic amines is 1. The second-order valence-corrected chi connectivity index (χ2v) is 9.66. The number of nitrogens with two attached hydrogens (primary N) is 2. The summed E-state index contributed by atoms with van der Waals surface area (Å²) in [7, 11) is 0. The predicted molar refractivity (Wildman–Crippen MR) is 154 cm³/mol. The van der Waals surface area contributed by atoms with Gasteiger partial charge in [0.25, 0.3) is 0 Å². The molecular weight excluding hydrogens is 492 g/mol. The van der Waals surface area contributed by atoms with E-state index in [1.807, 2.05) is 30.7 Å². The van der Waals surface area contributed by atoms with E-state index in [1.165, 1.54) is 21.6 Å². The molecule has 0 fully saturated rings. The first-order valence-electron chi connectivity index (χ1n) is 12.0. The van der Waals surface area contributed by atoms with Crippen molar-refractivity contribution in [3.8, 4) is 33.8 Å².